The van der Waals surface area contributed by atoms with Gasteiger partial charge in [-0.25, -0.2) is 4.99 Å². The molecule has 2 atom stereocenters. The number of allylic oxidation sites excluding steroid dienone is 1. The lowest BCUT2D eigenvalue weighted by molar-refractivity contribution is 0.245. The highest BCUT2D eigenvalue weighted by atomic mass is 35.5. The average Bonchev–Trinajstić information content (AvgIpc) is 2.69. The number of benzene rings is 1. The molecule has 0 bridgehead atoms. The van der Waals surface area contributed by atoms with Crippen molar-refractivity contribution < 1.29 is 0 Å². The average molecular weight is 414 g/mol. The Kier molecular flexibility index (Phi) is 5.64. The quantitative estimate of drug-likeness (QED) is 0.813. The third-order valence-corrected chi connectivity index (χ3v) is 5.59. The highest BCUT2D eigenvalue weighted by Gasteiger charge is 2.33. The van der Waals surface area contributed by atoms with Crippen LogP contribution in [0.25, 0.3) is 5.57 Å². The molecular weight excluding hydrogens is 393 g/mol. The van der Waals surface area contributed by atoms with Gasteiger partial charge in [0.05, 0.1) is 0 Å². The summed E-state index contributed by atoms with van der Waals surface area (Å²) in [5.41, 5.74) is 3.05. The maximum absolute atomic E-state index is 6.40. The molecule has 1 N–H and O–H groups in total. The van der Waals surface area contributed by atoms with Gasteiger partial charge < -0.3 is 10.2 Å². The smallest absolute Gasteiger partial charge is 0.219 e. The summed E-state index contributed by atoms with van der Waals surface area (Å²) in [5, 5.41) is 4.78. The fourth-order valence-corrected chi connectivity index (χ4v) is 4.25. The molecule has 0 saturated heterocycles. The topological polar surface area (TPSA) is 52.9 Å². The van der Waals surface area contributed by atoms with Crippen molar-refractivity contribution in [2.75, 3.05) is 13.6 Å². The van der Waals surface area contributed by atoms with Gasteiger partial charge in [-0.05, 0) is 36.3 Å². The lowest BCUT2D eigenvalue weighted by Crippen LogP contribution is -2.53. The number of hydrogen-bond acceptors (Lipinski definition) is 3. The Labute approximate surface area is 174 Å². The molecule has 5 nitrogen and oxygen atoms in total. The molecule has 28 heavy (non-hydrogen) atoms. The SMILES string of the molecule is CN1C=C(c2c(Cl)cccc2Cl)CC2C=NC(=NCCc3ccccn3)NC21. The van der Waals surface area contributed by atoms with Crippen molar-refractivity contribution >= 4 is 40.9 Å². The van der Waals surface area contributed by atoms with Crippen molar-refractivity contribution in [3.63, 3.8) is 0 Å². The van der Waals surface area contributed by atoms with E-state index in [1.54, 1.807) is 6.20 Å². The minimum atomic E-state index is 0.108. The highest BCUT2D eigenvalue weighted by Crippen LogP contribution is 2.38. The Bertz CT molecular complexity index is 919. The molecule has 4 rings (SSSR count). The summed E-state index contributed by atoms with van der Waals surface area (Å²) < 4.78 is 0. The van der Waals surface area contributed by atoms with E-state index < -0.39 is 0 Å². The van der Waals surface area contributed by atoms with Crippen molar-refractivity contribution in [3.05, 3.63) is 70.1 Å². The number of fused-ring (bicyclic) bond motifs is 1. The van der Waals surface area contributed by atoms with E-state index in [-0.39, 0.29) is 12.1 Å². The largest absolute Gasteiger partial charge is 0.360 e. The molecule has 2 aliphatic heterocycles. The van der Waals surface area contributed by atoms with Crippen molar-refractivity contribution in [1.82, 2.24) is 15.2 Å². The third kappa shape index (κ3) is 4.05. The first kappa shape index (κ1) is 19.0. The minimum absolute atomic E-state index is 0.108. The van der Waals surface area contributed by atoms with Crippen molar-refractivity contribution in [1.29, 1.82) is 0 Å². The second kappa shape index (κ2) is 8.33. The molecule has 1 aromatic carbocycles. The van der Waals surface area contributed by atoms with Crippen molar-refractivity contribution in [2.24, 2.45) is 15.9 Å². The molecule has 2 aromatic rings. The summed E-state index contributed by atoms with van der Waals surface area (Å²) in [4.78, 5) is 15.6. The summed E-state index contributed by atoms with van der Waals surface area (Å²) in [6, 6.07) is 11.5. The Balaban J connectivity index is 1.46. The van der Waals surface area contributed by atoms with Crippen LogP contribution in [0.5, 0.6) is 0 Å². The summed E-state index contributed by atoms with van der Waals surface area (Å²) in [5.74, 6) is 0.878. The van der Waals surface area contributed by atoms with Gasteiger partial charge in [-0.15, -0.1) is 0 Å². The molecule has 0 aliphatic carbocycles. The summed E-state index contributed by atoms with van der Waals surface area (Å²) in [6.45, 7) is 0.647. The van der Waals surface area contributed by atoms with Crippen molar-refractivity contribution in [2.45, 2.75) is 19.0 Å². The van der Waals surface area contributed by atoms with Crippen LogP contribution in [-0.4, -0.2) is 41.8 Å². The van der Waals surface area contributed by atoms with Gasteiger partial charge in [0.15, 0.2) is 0 Å². The number of halogens is 2. The molecule has 2 aliphatic rings. The third-order valence-electron chi connectivity index (χ3n) is 4.96. The first-order valence-corrected chi connectivity index (χ1v) is 9.99. The van der Waals surface area contributed by atoms with Gasteiger partial charge in [0, 0.05) is 65.8 Å². The zero-order valence-corrected chi connectivity index (χ0v) is 17.0. The van der Waals surface area contributed by atoms with Gasteiger partial charge in [0.1, 0.15) is 6.17 Å². The number of pyridine rings is 1. The van der Waals surface area contributed by atoms with Crippen LogP contribution in [0.2, 0.25) is 10.0 Å². The number of nitrogens with zero attached hydrogens (tertiary/aromatic N) is 4. The van der Waals surface area contributed by atoms with E-state index in [2.05, 4.69) is 31.4 Å². The molecule has 0 spiro atoms. The second-order valence-corrected chi connectivity index (χ2v) is 7.74. The minimum Gasteiger partial charge on any atom is -0.360 e. The van der Waals surface area contributed by atoms with Crippen LogP contribution in [0.3, 0.4) is 0 Å². The van der Waals surface area contributed by atoms with Crippen LogP contribution < -0.4 is 5.32 Å². The monoisotopic (exact) mass is 413 g/mol. The molecule has 2 unspecified atom stereocenters. The first-order valence-electron chi connectivity index (χ1n) is 9.24. The number of aromatic nitrogens is 1. The fourth-order valence-electron chi connectivity index (χ4n) is 3.61. The zero-order valence-electron chi connectivity index (χ0n) is 15.5. The molecular formula is C21H21Cl2N5. The lowest BCUT2D eigenvalue weighted by Gasteiger charge is -2.40. The number of guanidine groups is 1. The Morgan fingerprint density at radius 1 is 1.18 bits per heavy atom. The van der Waals surface area contributed by atoms with Gasteiger partial charge >= 0.3 is 0 Å². The maximum atomic E-state index is 6.40. The normalized spacial score (nSPS) is 22.6. The Morgan fingerprint density at radius 3 is 2.75 bits per heavy atom. The van der Waals surface area contributed by atoms with Crippen LogP contribution in [0.4, 0.5) is 0 Å². The Morgan fingerprint density at radius 2 is 2.00 bits per heavy atom. The van der Waals surface area contributed by atoms with Crippen LogP contribution in [-0.2, 0) is 6.42 Å². The standard InChI is InChI=1S/C21H21Cl2N5/c1-28-13-15(19-17(22)6-4-7-18(19)23)11-14-12-26-21(27-20(14)28)25-10-8-16-5-2-3-9-24-16/h2-7,9,12-14,20H,8,10-11H2,1H3,(H,25,27). The van der Waals surface area contributed by atoms with Gasteiger partial charge in [-0.1, -0.05) is 35.3 Å². The molecule has 0 amide bonds. The first-order chi connectivity index (χ1) is 13.6. The van der Waals surface area contributed by atoms with Crippen LogP contribution in [0.15, 0.2) is 58.8 Å². The highest BCUT2D eigenvalue weighted by molar-refractivity contribution is 6.37. The number of nitrogens with one attached hydrogen (secondary N) is 1. The van der Waals surface area contributed by atoms with Gasteiger partial charge in [0.2, 0.25) is 5.96 Å². The van der Waals surface area contributed by atoms with Gasteiger partial charge in [-0.3, -0.25) is 9.98 Å². The van der Waals surface area contributed by atoms with E-state index in [1.165, 1.54) is 0 Å². The van der Waals surface area contributed by atoms with E-state index in [9.17, 15) is 0 Å². The predicted molar refractivity (Wildman–Crippen MR) is 116 cm³/mol. The van der Waals surface area contributed by atoms with Gasteiger partial charge in [0.25, 0.3) is 0 Å². The van der Waals surface area contributed by atoms with E-state index in [0.29, 0.717) is 22.5 Å². The fraction of sp³-hybridized carbons (Fsp3) is 0.286. The molecule has 144 valence electrons. The summed E-state index contributed by atoms with van der Waals surface area (Å²) >= 11 is 12.8. The number of rotatable bonds is 4. The second-order valence-electron chi connectivity index (χ2n) is 6.93. The lowest BCUT2D eigenvalue weighted by atomic mass is 9.89. The maximum Gasteiger partial charge on any atom is 0.219 e. The van der Waals surface area contributed by atoms with E-state index >= 15 is 0 Å². The molecule has 7 heteroatoms. The molecule has 0 saturated carbocycles. The van der Waals surface area contributed by atoms with E-state index in [0.717, 1.165) is 29.7 Å². The van der Waals surface area contributed by atoms with Crippen LogP contribution in [0.1, 0.15) is 17.7 Å². The zero-order chi connectivity index (χ0) is 19.5. The summed E-state index contributed by atoms with van der Waals surface area (Å²) in [6.07, 6.45) is 7.60. The van der Waals surface area contributed by atoms with Crippen LogP contribution in [0, 0.1) is 5.92 Å². The van der Waals surface area contributed by atoms with E-state index in [1.807, 2.05) is 49.7 Å². The van der Waals surface area contributed by atoms with Crippen molar-refractivity contribution in [3.8, 4) is 0 Å². The molecule has 0 fully saturated rings. The van der Waals surface area contributed by atoms with Crippen LogP contribution >= 0.6 is 23.2 Å². The number of aliphatic imine (C=N–C) groups is 2. The molecule has 0 radical (unpaired) electrons. The molecule has 1 aromatic heterocycles. The van der Waals surface area contributed by atoms with Gasteiger partial charge in [-0.2, -0.15) is 0 Å². The molecule has 3 heterocycles. The number of hydrogen-bond donors (Lipinski definition) is 1. The Hall–Kier alpha value is -2.37. The predicted octanol–water partition coefficient (Wildman–Crippen LogP) is 4.28. The summed E-state index contributed by atoms with van der Waals surface area (Å²) in [7, 11) is 2.04. The van der Waals surface area contributed by atoms with E-state index in [4.69, 9.17) is 23.2 Å².